The summed E-state index contributed by atoms with van der Waals surface area (Å²) in [7, 11) is 1.25. The van der Waals surface area contributed by atoms with E-state index in [1.54, 1.807) is 0 Å². The number of pyridine rings is 1. The molecule has 0 bridgehead atoms. The molecule has 0 aliphatic carbocycles. The lowest BCUT2D eigenvalue weighted by Crippen LogP contribution is -2.09. The van der Waals surface area contributed by atoms with Crippen molar-refractivity contribution in [2.24, 2.45) is 0 Å². The summed E-state index contributed by atoms with van der Waals surface area (Å²) < 4.78 is 41.7. The van der Waals surface area contributed by atoms with Crippen molar-refractivity contribution in [3.8, 4) is 0 Å². The van der Waals surface area contributed by atoms with E-state index in [4.69, 9.17) is 5.73 Å². The Labute approximate surface area is 106 Å². The Morgan fingerprint density at radius 2 is 2.22 bits per heavy atom. The van der Waals surface area contributed by atoms with E-state index in [0.29, 0.717) is 0 Å². The van der Waals surface area contributed by atoms with Gasteiger partial charge in [0.2, 0.25) is 0 Å². The summed E-state index contributed by atoms with van der Waals surface area (Å²) in [6.45, 7) is 0. The van der Waals surface area contributed by atoms with Gasteiger partial charge in [0, 0.05) is 10.6 Å². The van der Waals surface area contributed by atoms with E-state index >= 15 is 0 Å². The molecule has 0 saturated carbocycles. The lowest BCUT2D eigenvalue weighted by atomic mass is 10.3. The summed E-state index contributed by atoms with van der Waals surface area (Å²) in [5, 5.41) is 0. The average Bonchev–Trinajstić information content (AvgIpc) is 2.29. The second kappa shape index (κ2) is 5.94. The zero-order chi connectivity index (χ0) is 13.8. The standard InChI is InChI=1S/C10H11F3N2O2S/c1-17-9(16)2-3-18-7-4-8(10(11,12)13)15-5-6(7)14/h4-5H,2-3,14H2,1H3. The molecule has 100 valence electrons. The van der Waals surface area contributed by atoms with Crippen molar-refractivity contribution in [3.63, 3.8) is 0 Å². The molecule has 0 aliphatic heterocycles. The van der Waals surface area contributed by atoms with Gasteiger partial charge < -0.3 is 10.5 Å². The van der Waals surface area contributed by atoms with Crippen LogP contribution in [0.4, 0.5) is 18.9 Å². The van der Waals surface area contributed by atoms with Gasteiger partial charge in [-0.05, 0) is 6.07 Å². The van der Waals surface area contributed by atoms with E-state index in [1.165, 1.54) is 7.11 Å². The Bertz CT molecular complexity index is 438. The van der Waals surface area contributed by atoms with Crippen LogP contribution in [0.1, 0.15) is 12.1 Å². The lowest BCUT2D eigenvalue weighted by Gasteiger charge is -2.09. The molecule has 1 rings (SSSR count). The number of nitrogens with two attached hydrogens (primary N) is 1. The van der Waals surface area contributed by atoms with Crippen LogP contribution in [0.2, 0.25) is 0 Å². The second-order valence-corrected chi connectivity index (χ2v) is 4.42. The highest BCUT2D eigenvalue weighted by molar-refractivity contribution is 7.99. The topological polar surface area (TPSA) is 65.2 Å². The third-order valence-electron chi connectivity index (χ3n) is 1.98. The van der Waals surface area contributed by atoms with Crippen LogP contribution in [0.3, 0.4) is 0 Å². The van der Waals surface area contributed by atoms with Crippen LogP contribution in [0.15, 0.2) is 17.2 Å². The monoisotopic (exact) mass is 280 g/mol. The normalized spacial score (nSPS) is 11.3. The van der Waals surface area contributed by atoms with Crippen molar-refractivity contribution in [2.45, 2.75) is 17.5 Å². The Hall–Kier alpha value is -1.44. The number of esters is 1. The van der Waals surface area contributed by atoms with Gasteiger partial charge >= 0.3 is 12.1 Å². The van der Waals surface area contributed by atoms with Crippen LogP contribution < -0.4 is 5.73 Å². The zero-order valence-corrected chi connectivity index (χ0v) is 10.3. The molecule has 0 amide bonds. The number of nitrogen functional groups attached to an aromatic ring is 1. The van der Waals surface area contributed by atoms with Gasteiger partial charge in [0.05, 0.1) is 25.4 Å². The van der Waals surface area contributed by atoms with Crippen LogP contribution in [-0.4, -0.2) is 23.8 Å². The highest BCUT2D eigenvalue weighted by Gasteiger charge is 2.32. The number of thioether (sulfide) groups is 1. The number of methoxy groups -OCH3 is 1. The van der Waals surface area contributed by atoms with Crippen molar-refractivity contribution in [1.82, 2.24) is 4.98 Å². The molecule has 0 aromatic carbocycles. The number of anilines is 1. The minimum absolute atomic E-state index is 0.101. The maximum absolute atomic E-state index is 12.4. The number of halogens is 3. The highest BCUT2D eigenvalue weighted by Crippen LogP contribution is 2.33. The van der Waals surface area contributed by atoms with Gasteiger partial charge in [-0.25, -0.2) is 4.98 Å². The SMILES string of the molecule is COC(=O)CCSc1cc(C(F)(F)F)ncc1N. The minimum atomic E-state index is -4.51. The fourth-order valence-electron chi connectivity index (χ4n) is 1.07. The van der Waals surface area contributed by atoms with Gasteiger partial charge in [-0.1, -0.05) is 0 Å². The maximum Gasteiger partial charge on any atom is 0.433 e. The third kappa shape index (κ3) is 4.10. The van der Waals surface area contributed by atoms with Gasteiger partial charge in [0.25, 0.3) is 0 Å². The van der Waals surface area contributed by atoms with Gasteiger partial charge in [0.15, 0.2) is 0 Å². The lowest BCUT2D eigenvalue weighted by molar-refractivity contribution is -0.141. The van der Waals surface area contributed by atoms with Crippen molar-refractivity contribution in [2.75, 3.05) is 18.6 Å². The summed E-state index contributed by atoms with van der Waals surface area (Å²) in [6, 6.07) is 0.872. The average molecular weight is 280 g/mol. The highest BCUT2D eigenvalue weighted by atomic mass is 32.2. The molecule has 8 heteroatoms. The summed E-state index contributed by atoms with van der Waals surface area (Å²) in [5.41, 5.74) is 4.66. The van der Waals surface area contributed by atoms with Gasteiger partial charge in [-0.3, -0.25) is 4.79 Å². The number of hydrogen-bond donors (Lipinski definition) is 1. The predicted molar refractivity (Wildman–Crippen MR) is 61.0 cm³/mol. The molecule has 0 fully saturated rings. The van der Waals surface area contributed by atoms with Crippen LogP contribution in [0.5, 0.6) is 0 Å². The second-order valence-electron chi connectivity index (χ2n) is 3.28. The number of carbonyl (C=O) groups excluding carboxylic acids is 1. The summed E-state index contributed by atoms with van der Waals surface area (Å²) in [6.07, 6.45) is -3.45. The molecule has 0 saturated heterocycles. The summed E-state index contributed by atoms with van der Waals surface area (Å²) in [5.74, 6) is -0.135. The number of rotatable bonds is 4. The molecule has 1 heterocycles. The third-order valence-corrected chi connectivity index (χ3v) is 3.05. The first-order valence-electron chi connectivity index (χ1n) is 4.87. The predicted octanol–water partition coefficient (Wildman–Crippen LogP) is 2.34. The fraction of sp³-hybridized carbons (Fsp3) is 0.400. The Kier molecular flexibility index (Phi) is 4.83. The van der Waals surface area contributed by atoms with Gasteiger partial charge in [-0.15, -0.1) is 11.8 Å². The van der Waals surface area contributed by atoms with Crippen molar-refractivity contribution < 1.29 is 22.7 Å². The van der Waals surface area contributed by atoms with Crippen molar-refractivity contribution in [1.29, 1.82) is 0 Å². The first-order valence-corrected chi connectivity index (χ1v) is 5.85. The minimum Gasteiger partial charge on any atom is -0.469 e. The van der Waals surface area contributed by atoms with Crippen LogP contribution in [-0.2, 0) is 15.7 Å². The summed E-state index contributed by atoms with van der Waals surface area (Å²) >= 11 is 1.06. The number of ether oxygens (including phenoxy) is 1. The number of aromatic nitrogens is 1. The van der Waals surface area contributed by atoms with Crippen molar-refractivity contribution >= 4 is 23.4 Å². The number of alkyl halides is 3. The number of nitrogens with zero attached hydrogens (tertiary/aromatic N) is 1. The van der Waals surface area contributed by atoms with Gasteiger partial charge in [-0.2, -0.15) is 13.2 Å². The molecule has 0 aliphatic rings. The van der Waals surface area contributed by atoms with E-state index in [2.05, 4.69) is 9.72 Å². The number of hydrogen-bond acceptors (Lipinski definition) is 5. The summed E-state index contributed by atoms with van der Waals surface area (Å²) in [4.78, 5) is 14.3. The Balaban J connectivity index is 2.73. The van der Waals surface area contributed by atoms with Gasteiger partial charge in [0.1, 0.15) is 5.69 Å². The van der Waals surface area contributed by atoms with Crippen LogP contribution in [0, 0.1) is 0 Å². The largest absolute Gasteiger partial charge is 0.469 e. The zero-order valence-electron chi connectivity index (χ0n) is 9.45. The molecule has 0 spiro atoms. The van der Waals surface area contributed by atoms with Crippen LogP contribution in [0.25, 0.3) is 0 Å². The number of carbonyl (C=O) groups is 1. The fourth-order valence-corrected chi connectivity index (χ4v) is 1.98. The molecule has 0 unspecified atom stereocenters. The van der Waals surface area contributed by atoms with E-state index < -0.39 is 17.8 Å². The van der Waals surface area contributed by atoms with Crippen LogP contribution >= 0.6 is 11.8 Å². The molecule has 0 radical (unpaired) electrons. The first-order chi connectivity index (χ1) is 8.34. The quantitative estimate of drug-likeness (QED) is 0.677. The smallest absolute Gasteiger partial charge is 0.433 e. The first kappa shape index (κ1) is 14.6. The van der Waals surface area contributed by atoms with Crippen molar-refractivity contribution in [3.05, 3.63) is 18.0 Å². The molecule has 4 nitrogen and oxygen atoms in total. The molecule has 1 aromatic rings. The van der Waals surface area contributed by atoms with E-state index in [0.717, 1.165) is 24.0 Å². The molecule has 1 aromatic heterocycles. The van der Waals surface area contributed by atoms with E-state index in [1.807, 2.05) is 0 Å². The molecule has 0 atom stereocenters. The molecular weight excluding hydrogens is 269 g/mol. The van der Waals surface area contributed by atoms with E-state index in [9.17, 15) is 18.0 Å². The Morgan fingerprint density at radius 1 is 1.56 bits per heavy atom. The Morgan fingerprint density at radius 3 is 2.78 bits per heavy atom. The maximum atomic E-state index is 12.4. The molecular formula is C10H11F3N2O2S. The molecule has 2 N–H and O–H groups in total. The molecule has 18 heavy (non-hydrogen) atoms. The van der Waals surface area contributed by atoms with E-state index in [-0.39, 0.29) is 22.8 Å².